The third-order valence-electron chi connectivity index (χ3n) is 3.55. The van der Waals surface area contributed by atoms with Gasteiger partial charge in [0.05, 0.1) is 0 Å². The third-order valence-corrected chi connectivity index (χ3v) is 3.55. The number of nitrogens with zero attached hydrogens (tertiary/aromatic N) is 1. The molecule has 1 aromatic rings. The minimum atomic E-state index is 0.966. The zero-order chi connectivity index (χ0) is 12.1. The molecular formula is C15H24N2. The van der Waals surface area contributed by atoms with Crippen LogP contribution < -0.4 is 10.2 Å². The van der Waals surface area contributed by atoms with E-state index >= 15 is 0 Å². The molecule has 0 bridgehead atoms. The number of benzene rings is 1. The van der Waals surface area contributed by atoms with Crippen LogP contribution in [0.2, 0.25) is 0 Å². The highest BCUT2D eigenvalue weighted by molar-refractivity contribution is 5.55. The Balaban J connectivity index is 2.22. The van der Waals surface area contributed by atoms with Gasteiger partial charge in [-0.25, -0.2) is 0 Å². The summed E-state index contributed by atoms with van der Waals surface area (Å²) in [6, 6.07) is 6.85. The predicted octanol–water partition coefficient (Wildman–Crippen LogP) is 3.09. The summed E-state index contributed by atoms with van der Waals surface area (Å²) < 4.78 is 0. The van der Waals surface area contributed by atoms with Crippen molar-refractivity contribution in [3.63, 3.8) is 0 Å². The molecule has 1 saturated heterocycles. The fraction of sp³-hybridized carbons (Fsp3) is 0.600. The highest BCUT2D eigenvalue weighted by atomic mass is 15.1. The van der Waals surface area contributed by atoms with Gasteiger partial charge >= 0.3 is 0 Å². The lowest BCUT2D eigenvalue weighted by atomic mass is 10.1. The Labute approximate surface area is 105 Å². The highest BCUT2D eigenvalue weighted by Gasteiger charge is 2.13. The SMILES string of the molecule is CNCc1cc(C)ccc1N1CCCCCC1. The minimum absolute atomic E-state index is 0.966. The topological polar surface area (TPSA) is 15.3 Å². The molecule has 0 saturated carbocycles. The first kappa shape index (κ1) is 12.4. The van der Waals surface area contributed by atoms with E-state index in [1.165, 1.54) is 55.6 Å². The fourth-order valence-electron chi connectivity index (χ4n) is 2.67. The predicted molar refractivity (Wildman–Crippen MR) is 74.6 cm³/mol. The van der Waals surface area contributed by atoms with E-state index in [1.807, 2.05) is 7.05 Å². The van der Waals surface area contributed by atoms with E-state index in [0.717, 1.165) is 6.54 Å². The van der Waals surface area contributed by atoms with Gasteiger partial charge in [-0.3, -0.25) is 0 Å². The van der Waals surface area contributed by atoms with Crippen LogP contribution in [0.3, 0.4) is 0 Å². The van der Waals surface area contributed by atoms with Gasteiger partial charge in [0.15, 0.2) is 0 Å². The van der Waals surface area contributed by atoms with Gasteiger partial charge in [-0.05, 0) is 38.4 Å². The van der Waals surface area contributed by atoms with E-state index in [1.54, 1.807) is 0 Å². The molecule has 1 aliphatic rings. The van der Waals surface area contributed by atoms with Crippen LogP contribution in [-0.4, -0.2) is 20.1 Å². The first-order chi connectivity index (χ1) is 8.31. The molecule has 0 amide bonds. The Morgan fingerprint density at radius 1 is 1.12 bits per heavy atom. The normalized spacial score (nSPS) is 16.9. The number of anilines is 1. The molecule has 2 rings (SSSR count). The molecule has 2 nitrogen and oxygen atoms in total. The number of hydrogen-bond donors (Lipinski definition) is 1. The second kappa shape index (κ2) is 6.06. The monoisotopic (exact) mass is 232 g/mol. The third kappa shape index (κ3) is 3.22. The lowest BCUT2D eigenvalue weighted by Crippen LogP contribution is -2.25. The molecule has 94 valence electrons. The Hall–Kier alpha value is -1.02. The number of aryl methyl sites for hydroxylation is 1. The van der Waals surface area contributed by atoms with Gasteiger partial charge < -0.3 is 10.2 Å². The zero-order valence-corrected chi connectivity index (χ0v) is 11.1. The Bertz CT molecular complexity index is 352. The van der Waals surface area contributed by atoms with E-state index in [2.05, 4.69) is 35.3 Å². The van der Waals surface area contributed by atoms with Crippen molar-refractivity contribution in [3.8, 4) is 0 Å². The summed E-state index contributed by atoms with van der Waals surface area (Å²) in [5.41, 5.74) is 4.23. The van der Waals surface area contributed by atoms with Gasteiger partial charge in [0.1, 0.15) is 0 Å². The lowest BCUT2D eigenvalue weighted by Gasteiger charge is -2.25. The van der Waals surface area contributed by atoms with E-state index < -0.39 is 0 Å². The minimum Gasteiger partial charge on any atom is -0.371 e. The molecule has 17 heavy (non-hydrogen) atoms. The maximum absolute atomic E-state index is 3.28. The maximum Gasteiger partial charge on any atom is 0.0412 e. The second-order valence-electron chi connectivity index (χ2n) is 5.06. The van der Waals surface area contributed by atoms with Gasteiger partial charge in [0.25, 0.3) is 0 Å². The number of rotatable bonds is 3. The molecule has 0 unspecified atom stereocenters. The van der Waals surface area contributed by atoms with Crippen molar-refractivity contribution in [3.05, 3.63) is 29.3 Å². The molecule has 2 heteroatoms. The standard InChI is InChI=1S/C15H24N2/c1-13-7-8-15(14(11-13)12-16-2)17-9-5-3-4-6-10-17/h7-8,11,16H,3-6,9-10,12H2,1-2H3. The molecule has 1 heterocycles. The first-order valence-corrected chi connectivity index (χ1v) is 6.80. The Morgan fingerprint density at radius 2 is 1.82 bits per heavy atom. The molecule has 1 N–H and O–H groups in total. The van der Waals surface area contributed by atoms with E-state index in [9.17, 15) is 0 Å². The Kier molecular flexibility index (Phi) is 4.43. The van der Waals surface area contributed by atoms with Crippen LogP contribution in [0.25, 0.3) is 0 Å². The van der Waals surface area contributed by atoms with Crippen LogP contribution in [0.15, 0.2) is 18.2 Å². The first-order valence-electron chi connectivity index (χ1n) is 6.80. The second-order valence-corrected chi connectivity index (χ2v) is 5.06. The van der Waals surface area contributed by atoms with E-state index in [-0.39, 0.29) is 0 Å². The van der Waals surface area contributed by atoms with Crippen molar-refractivity contribution in [2.24, 2.45) is 0 Å². The maximum atomic E-state index is 3.28. The molecular weight excluding hydrogens is 208 g/mol. The van der Waals surface area contributed by atoms with Crippen molar-refractivity contribution in [1.29, 1.82) is 0 Å². The fourth-order valence-corrected chi connectivity index (χ4v) is 2.67. The smallest absolute Gasteiger partial charge is 0.0412 e. The van der Waals surface area contributed by atoms with Crippen LogP contribution in [0.4, 0.5) is 5.69 Å². The molecule has 0 atom stereocenters. The number of hydrogen-bond acceptors (Lipinski definition) is 2. The van der Waals surface area contributed by atoms with Crippen LogP contribution in [0.5, 0.6) is 0 Å². The molecule has 0 aliphatic carbocycles. The largest absolute Gasteiger partial charge is 0.371 e. The molecule has 0 aromatic heterocycles. The van der Waals surface area contributed by atoms with Gasteiger partial charge in [0, 0.05) is 25.3 Å². The average molecular weight is 232 g/mol. The van der Waals surface area contributed by atoms with Crippen LogP contribution >= 0.6 is 0 Å². The molecule has 1 fully saturated rings. The highest BCUT2D eigenvalue weighted by Crippen LogP contribution is 2.24. The molecule has 0 radical (unpaired) electrons. The molecule has 1 aliphatic heterocycles. The van der Waals surface area contributed by atoms with Gasteiger partial charge in [-0.1, -0.05) is 30.5 Å². The van der Waals surface area contributed by atoms with E-state index in [4.69, 9.17) is 0 Å². The van der Waals surface area contributed by atoms with E-state index in [0.29, 0.717) is 0 Å². The summed E-state index contributed by atoms with van der Waals surface area (Å²) >= 11 is 0. The summed E-state index contributed by atoms with van der Waals surface area (Å²) in [4.78, 5) is 2.57. The average Bonchev–Trinajstić information content (AvgIpc) is 2.58. The van der Waals surface area contributed by atoms with Gasteiger partial charge in [0.2, 0.25) is 0 Å². The van der Waals surface area contributed by atoms with Crippen LogP contribution in [-0.2, 0) is 6.54 Å². The summed E-state index contributed by atoms with van der Waals surface area (Å²) in [6.45, 7) is 5.58. The van der Waals surface area contributed by atoms with Crippen molar-refractivity contribution >= 4 is 5.69 Å². The van der Waals surface area contributed by atoms with Crippen molar-refractivity contribution in [2.75, 3.05) is 25.0 Å². The lowest BCUT2D eigenvalue weighted by molar-refractivity contribution is 0.726. The van der Waals surface area contributed by atoms with Crippen LogP contribution in [0, 0.1) is 6.92 Å². The summed E-state index contributed by atoms with van der Waals surface area (Å²) in [7, 11) is 2.02. The van der Waals surface area contributed by atoms with Gasteiger partial charge in [-0.2, -0.15) is 0 Å². The van der Waals surface area contributed by atoms with Crippen molar-refractivity contribution < 1.29 is 0 Å². The van der Waals surface area contributed by atoms with Crippen molar-refractivity contribution in [1.82, 2.24) is 5.32 Å². The summed E-state index contributed by atoms with van der Waals surface area (Å²) in [6.07, 6.45) is 5.47. The summed E-state index contributed by atoms with van der Waals surface area (Å²) in [5.74, 6) is 0. The Morgan fingerprint density at radius 3 is 2.47 bits per heavy atom. The zero-order valence-electron chi connectivity index (χ0n) is 11.1. The van der Waals surface area contributed by atoms with Crippen molar-refractivity contribution in [2.45, 2.75) is 39.2 Å². The number of nitrogens with one attached hydrogen (secondary N) is 1. The quantitative estimate of drug-likeness (QED) is 0.861. The van der Waals surface area contributed by atoms with Crippen LogP contribution in [0.1, 0.15) is 36.8 Å². The van der Waals surface area contributed by atoms with Gasteiger partial charge in [-0.15, -0.1) is 0 Å². The molecule has 1 aromatic carbocycles. The summed E-state index contributed by atoms with van der Waals surface area (Å²) in [5, 5.41) is 3.28. The molecule has 0 spiro atoms.